The molecule has 1 aromatic heterocycles. The van der Waals surface area contributed by atoms with E-state index in [1.54, 1.807) is 18.9 Å². The van der Waals surface area contributed by atoms with Crippen molar-refractivity contribution in [2.75, 3.05) is 31.4 Å². The number of thioether (sulfide) groups is 1. The van der Waals surface area contributed by atoms with E-state index in [-0.39, 0.29) is 0 Å². The summed E-state index contributed by atoms with van der Waals surface area (Å²) in [6, 6.07) is 12.4. The van der Waals surface area contributed by atoms with E-state index in [1.165, 1.54) is 5.56 Å². The Morgan fingerprint density at radius 2 is 2.05 bits per heavy atom. The second kappa shape index (κ2) is 6.35. The summed E-state index contributed by atoms with van der Waals surface area (Å²) in [5, 5.41) is 9.50. The molecule has 4 nitrogen and oxygen atoms in total. The number of anilines is 1. The van der Waals surface area contributed by atoms with Gasteiger partial charge in [0.25, 0.3) is 0 Å². The first-order valence-corrected chi connectivity index (χ1v) is 8.30. The molecule has 2 heterocycles. The minimum absolute atomic E-state index is 0.489. The van der Waals surface area contributed by atoms with Gasteiger partial charge in [0.05, 0.1) is 7.11 Å². The largest absolute Gasteiger partial charge is 0.496 e. The maximum atomic E-state index is 5.48. The molecule has 1 aliphatic rings. The third-order valence-corrected chi connectivity index (χ3v) is 4.56. The standard InChI is InChI=1S/C16H19N3OS/c1-20-14-6-4-3-5-13(14)12-9-10-19(11-12)15-7-8-16(21-2)18-17-15/h3-8,12H,9-11H2,1-2H3. The highest BCUT2D eigenvalue weighted by Crippen LogP contribution is 2.34. The lowest BCUT2D eigenvalue weighted by atomic mass is 9.97. The topological polar surface area (TPSA) is 38.2 Å². The van der Waals surface area contributed by atoms with Crippen LogP contribution in [0.2, 0.25) is 0 Å². The Hall–Kier alpha value is -1.75. The molecule has 1 unspecified atom stereocenters. The Kier molecular flexibility index (Phi) is 4.29. The van der Waals surface area contributed by atoms with Crippen LogP contribution in [-0.2, 0) is 0 Å². The van der Waals surface area contributed by atoms with Gasteiger partial charge in [-0.1, -0.05) is 18.2 Å². The van der Waals surface area contributed by atoms with E-state index in [1.807, 2.05) is 24.5 Å². The highest BCUT2D eigenvalue weighted by Gasteiger charge is 2.26. The fourth-order valence-electron chi connectivity index (χ4n) is 2.82. The van der Waals surface area contributed by atoms with E-state index >= 15 is 0 Å². The van der Waals surface area contributed by atoms with E-state index in [0.29, 0.717) is 5.92 Å². The summed E-state index contributed by atoms with van der Waals surface area (Å²) in [6.07, 6.45) is 3.13. The number of nitrogens with zero attached hydrogens (tertiary/aromatic N) is 3. The Labute approximate surface area is 129 Å². The van der Waals surface area contributed by atoms with E-state index < -0.39 is 0 Å². The first kappa shape index (κ1) is 14.2. The van der Waals surface area contributed by atoms with Gasteiger partial charge in [-0.25, -0.2) is 0 Å². The number of hydrogen-bond acceptors (Lipinski definition) is 5. The second-order valence-corrected chi connectivity index (χ2v) is 5.93. The third kappa shape index (κ3) is 2.97. The summed E-state index contributed by atoms with van der Waals surface area (Å²) >= 11 is 1.61. The molecule has 110 valence electrons. The Bertz CT molecular complexity index is 603. The smallest absolute Gasteiger partial charge is 0.151 e. The highest BCUT2D eigenvalue weighted by atomic mass is 32.2. The normalized spacial score (nSPS) is 18.0. The molecule has 1 fully saturated rings. The quantitative estimate of drug-likeness (QED) is 0.811. The van der Waals surface area contributed by atoms with Crippen LogP contribution in [0.25, 0.3) is 0 Å². The van der Waals surface area contributed by atoms with Crippen molar-refractivity contribution >= 4 is 17.6 Å². The Morgan fingerprint density at radius 1 is 1.19 bits per heavy atom. The van der Waals surface area contributed by atoms with E-state index in [2.05, 4.69) is 33.3 Å². The van der Waals surface area contributed by atoms with Crippen LogP contribution in [-0.4, -0.2) is 36.7 Å². The van der Waals surface area contributed by atoms with Crippen molar-refractivity contribution in [3.8, 4) is 5.75 Å². The molecule has 5 heteroatoms. The third-order valence-electron chi connectivity index (χ3n) is 3.93. The lowest BCUT2D eigenvalue weighted by Crippen LogP contribution is -2.20. The molecular weight excluding hydrogens is 282 g/mol. The zero-order valence-electron chi connectivity index (χ0n) is 12.3. The summed E-state index contributed by atoms with van der Waals surface area (Å²) in [5.41, 5.74) is 1.29. The number of ether oxygens (including phenoxy) is 1. The first-order valence-electron chi connectivity index (χ1n) is 7.07. The fourth-order valence-corrected chi connectivity index (χ4v) is 3.14. The number of benzene rings is 1. The molecule has 21 heavy (non-hydrogen) atoms. The van der Waals surface area contributed by atoms with Gasteiger partial charge in [0.1, 0.15) is 10.8 Å². The van der Waals surface area contributed by atoms with E-state index in [0.717, 1.165) is 36.1 Å². The molecule has 1 aromatic carbocycles. The van der Waals surface area contributed by atoms with Crippen LogP contribution >= 0.6 is 11.8 Å². The van der Waals surface area contributed by atoms with Crippen molar-refractivity contribution in [3.05, 3.63) is 42.0 Å². The molecule has 1 aliphatic heterocycles. The Balaban J connectivity index is 1.75. The van der Waals surface area contributed by atoms with Crippen LogP contribution < -0.4 is 9.64 Å². The molecule has 1 atom stereocenters. The van der Waals surface area contributed by atoms with Crippen LogP contribution in [0.3, 0.4) is 0 Å². The second-order valence-electron chi connectivity index (χ2n) is 5.11. The van der Waals surface area contributed by atoms with Crippen molar-refractivity contribution in [2.24, 2.45) is 0 Å². The van der Waals surface area contributed by atoms with Gasteiger partial charge in [0.2, 0.25) is 0 Å². The molecule has 0 aliphatic carbocycles. The van der Waals surface area contributed by atoms with Crippen LogP contribution in [0.1, 0.15) is 17.9 Å². The zero-order chi connectivity index (χ0) is 14.7. The van der Waals surface area contributed by atoms with Gasteiger partial charge in [0.15, 0.2) is 5.82 Å². The maximum absolute atomic E-state index is 5.48. The van der Waals surface area contributed by atoms with Crippen LogP contribution in [0.15, 0.2) is 41.4 Å². The predicted octanol–water partition coefficient (Wildman–Crippen LogP) is 3.20. The zero-order valence-corrected chi connectivity index (χ0v) is 13.1. The minimum Gasteiger partial charge on any atom is -0.496 e. The summed E-state index contributed by atoms with van der Waals surface area (Å²) in [4.78, 5) is 2.30. The molecule has 2 aromatic rings. The lowest BCUT2D eigenvalue weighted by Gasteiger charge is -2.18. The van der Waals surface area contributed by atoms with Gasteiger partial charge in [-0.15, -0.1) is 22.0 Å². The Morgan fingerprint density at radius 3 is 2.76 bits per heavy atom. The summed E-state index contributed by atoms with van der Waals surface area (Å²) in [5.74, 6) is 2.43. The summed E-state index contributed by atoms with van der Waals surface area (Å²) in [6.45, 7) is 1.98. The molecule has 0 amide bonds. The number of aromatic nitrogens is 2. The molecule has 0 spiro atoms. The molecular formula is C16H19N3OS. The minimum atomic E-state index is 0.489. The van der Waals surface area contributed by atoms with Gasteiger partial charge < -0.3 is 9.64 Å². The summed E-state index contributed by atoms with van der Waals surface area (Å²) in [7, 11) is 1.73. The summed E-state index contributed by atoms with van der Waals surface area (Å²) < 4.78 is 5.48. The predicted molar refractivity (Wildman–Crippen MR) is 86.4 cm³/mol. The van der Waals surface area contributed by atoms with Gasteiger partial charge in [-0.2, -0.15) is 0 Å². The average Bonchev–Trinajstić information content (AvgIpc) is 3.04. The van der Waals surface area contributed by atoms with E-state index in [4.69, 9.17) is 4.74 Å². The molecule has 0 bridgehead atoms. The maximum Gasteiger partial charge on any atom is 0.151 e. The fraction of sp³-hybridized carbons (Fsp3) is 0.375. The number of methoxy groups -OCH3 is 1. The number of rotatable bonds is 4. The molecule has 1 saturated heterocycles. The molecule has 0 N–H and O–H groups in total. The van der Waals surface area contributed by atoms with Crippen molar-refractivity contribution in [2.45, 2.75) is 17.4 Å². The average molecular weight is 301 g/mol. The van der Waals surface area contributed by atoms with Crippen molar-refractivity contribution in [3.63, 3.8) is 0 Å². The lowest BCUT2D eigenvalue weighted by molar-refractivity contribution is 0.406. The van der Waals surface area contributed by atoms with Crippen molar-refractivity contribution in [1.82, 2.24) is 10.2 Å². The molecule has 3 rings (SSSR count). The van der Waals surface area contributed by atoms with Crippen LogP contribution in [0.4, 0.5) is 5.82 Å². The molecule has 0 radical (unpaired) electrons. The van der Waals surface area contributed by atoms with E-state index in [9.17, 15) is 0 Å². The van der Waals surface area contributed by atoms with Gasteiger partial charge in [0, 0.05) is 19.0 Å². The molecule has 0 saturated carbocycles. The SMILES string of the molecule is COc1ccccc1C1CCN(c2ccc(SC)nn2)C1. The number of para-hydroxylation sites is 1. The van der Waals surface area contributed by atoms with Crippen molar-refractivity contribution < 1.29 is 4.74 Å². The van der Waals surface area contributed by atoms with Gasteiger partial charge >= 0.3 is 0 Å². The first-order chi connectivity index (χ1) is 10.3. The van der Waals surface area contributed by atoms with Crippen LogP contribution in [0.5, 0.6) is 5.75 Å². The van der Waals surface area contributed by atoms with Gasteiger partial charge in [-0.05, 0) is 36.4 Å². The van der Waals surface area contributed by atoms with Crippen molar-refractivity contribution in [1.29, 1.82) is 0 Å². The monoisotopic (exact) mass is 301 g/mol. The number of hydrogen-bond donors (Lipinski definition) is 0. The van der Waals surface area contributed by atoms with Crippen LogP contribution in [0, 0.1) is 0 Å². The van der Waals surface area contributed by atoms with Gasteiger partial charge in [-0.3, -0.25) is 0 Å². The highest BCUT2D eigenvalue weighted by molar-refractivity contribution is 7.98.